The van der Waals surface area contributed by atoms with Crippen LogP contribution in [0.25, 0.3) is 0 Å². The molecule has 0 fully saturated rings. The Morgan fingerprint density at radius 3 is 2.73 bits per heavy atom. The summed E-state index contributed by atoms with van der Waals surface area (Å²) in [6.07, 6.45) is 0.922. The van der Waals surface area contributed by atoms with Crippen LogP contribution in [-0.2, 0) is 6.61 Å². The Labute approximate surface area is 90.9 Å². The van der Waals surface area contributed by atoms with Crippen LogP contribution in [-0.4, -0.2) is 18.8 Å². The van der Waals surface area contributed by atoms with E-state index in [9.17, 15) is 5.11 Å². The molecule has 3 nitrogen and oxygen atoms in total. The van der Waals surface area contributed by atoms with Crippen molar-refractivity contribution in [3.8, 4) is 5.75 Å². The summed E-state index contributed by atoms with van der Waals surface area (Å²) in [5, 5.41) is 9.18. The second-order valence-electron chi connectivity index (χ2n) is 3.68. The van der Waals surface area contributed by atoms with E-state index in [1.54, 1.807) is 7.11 Å². The van der Waals surface area contributed by atoms with Gasteiger partial charge in [0.05, 0.1) is 13.7 Å². The molecular formula is C12H19NO2. The summed E-state index contributed by atoms with van der Waals surface area (Å²) in [6.45, 7) is 2.78. The number of aliphatic hydroxyl groups is 1. The molecule has 0 aliphatic rings. The molecule has 0 aromatic heterocycles. The molecule has 0 aliphatic carbocycles. The van der Waals surface area contributed by atoms with Crippen LogP contribution in [0, 0.1) is 0 Å². The molecule has 0 amide bonds. The number of aliphatic hydroxyl groups excluding tert-OH is 1. The van der Waals surface area contributed by atoms with Crippen LogP contribution in [0.5, 0.6) is 5.75 Å². The van der Waals surface area contributed by atoms with Crippen molar-refractivity contribution in [2.45, 2.75) is 25.9 Å². The van der Waals surface area contributed by atoms with E-state index in [-0.39, 0.29) is 6.61 Å². The SMILES string of the molecule is COc1c(CO)cccc1C(C)CCN. The minimum Gasteiger partial charge on any atom is -0.496 e. The van der Waals surface area contributed by atoms with Crippen LogP contribution >= 0.6 is 0 Å². The topological polar surface area (TPSA) is 55.5 Å². The minimum absolute atomic E-state index is 0.00631. The molecule has 1 atom stereocenters. The first-order valence-corrected chi connectivity index (χ1v) is 5.21. The fourth-order valence-electron chi connectivity index (χ4n) is 1.77. The third kappa shape index (κ3) is 2.70. The van der Waals surface area contributed by atoms with Gasteiger partial charge in [-0.25, -0.2) is 0 Å². The van der Waals surface area contributed by atoms with Crippen LogP contribution in [0.4, 0.5) is 0 Å². The van der Waals surface area contributed by atoms with E-state index in [4.69, 9.17) is 10.5 Å². The molecule has 0 radical (unpaired) electrons. The molecule has 1 aromatic carbocycles. The highest BCUT2D eigenvalue weighted by molar-refractivity contribution is 5.43. The summed E-state index contributed by atoms with van der Waals surface area (Å²) in [5.74, 6) is 1.15. The number of nitrogens with two attached hydrogens (primary N) is 1. The average Bonchev–Trinajstić information content (AvgIpc) is 2.28. The first-order chi connectivity index (χ1) is 7.24. The van der Waals surface area contributed by atoms with Gasteiger partial charge in [0.1, 0.15) is 5.75 Å². The van der Waals surface area contributed by atoms with Gasteiger partial charge in [-0.3, -0.25) is 0 Å². The molecule has 0 bridgehead atoms. The maximum absolute atomic E-state index is 9.18. The Bertz CT molecular complexity index is 312. The van der Waals surface area contributed by atoms with Crippen molar-refractivity contribution in [3.63, 3.8) is 0 Å². The van der Waals surface area contributed by atoms with Crippen LogP contribution in [0.3, 0.4) is 0 Å². The van der Waals surface area contributed by atoms with Gasteiger partial charge in [-0.2, -0.15) is 0 Å². The van der Waals surface area contributed by atoms with Gasteiger partial charge in [0.15, 0.2) is 0 Å². The van der Waals surface area contributed by atoms with Gasteiger partial charge in [0, 0.05) is 5.56 Å². The predicted octanol–water partition coefficient (Wildman–Crippen LogP) is 1.64. The van der Waals surface area contributed by atoms with E-state index in [1.807, 2.05) is 18.2 Å². The first kappa shape index (κ1) is 12.0. The van der Waals surface area contributed by atoms with Crippen LogP contribution in [0.15, 0.2) is 18.2 Å². The fourth-order valence-corrected chi connectivity index (χ4v) is 1.77. The molecule has 1 rings (SSSR count). The summed E-state index contributed by atoms with van der Waals surface area (Å²) in [4.78, 5) is 0. The lowest BCUT2D eigenvalue weighted by atomic mass is 9.95. The van der Waals surface area contributed by atoms with E-state index in [1.165, 1.54) is 0 Å². The third-order valence-electron chi connectivity index (χ3n) is 2.63. The van der Waals surface area contributed by atoms with E-state index in [2.05, 4.69) is 6.92 Å². The third-order valence-corrected chi connectivity index (χ3v) is 2.63. The number of hydrogen-bond donors (Lipinski definition) is 2. The predicted molar refractivity (Wildman–Crippen MR) is 61.0 cm³/mol. The van der Waals surface area contributed by atoms with Gasteiger partial charge >= 0.3 is 0 Å². The van der Waals surface area contributed by atoms with Gasteiger partial charge in [0.2, 0.25) is 0 Å². The van der Waals surface area contributed by atoms with Crippen molar-refractivity contribution in [3.05, 3.63) is 29.3 Å². The zero-order chi connectivity index (χ0) is 11.3. The zero-order valence-corrected chi connectivity index (χ0v) is 9.36. The van der Waals surface area contributed by atoms with E-state index in [0.717, 1.165) is 23.3 Å². The lowest BCUT2D eigenvalue weighted by Crippen LogP contribution is -2.07. The maximum Gasteiger partial charge on any atom is 0.127 e. The van der Waals surface area contributed by atoms with Crippen molar-refractivity contribution >= 4 is 0 Å². The summed E-state index contributed by atoms with van der Waals surface area (Å²) in [6, 6.07) is 5.84. The number of hydrogen-bond acceptors (Lipinski definition) is 3. The molecule has 0 saturated heterocycles. The van der Waals surface area contributed by atoms with E-state index >= 15 is 0 Å². The molecule has 0 heterocycles. The molecule has 1 unspecified atom stereocenters. The largest absolute Gasteiger partial charge is 0.496 e. The molecule has 0 aliphatic heterocycles. The van der Waals surface area contributed by atoms with Crippen molar-refractivity contribution < 1.29 is 9.84 Å². The second kappa shape index (κ2) is 5.73. The first-order valence-electron chi connectivity index (χ1n) is 5.21. The molecule has 3 N–H and O–H groups in total. The highest BCUT2D eigenvalue weighted by atomic mass is 16.5. The second-order valence-corrected chi connectivity index (χ2v) is 3.68. The van der Waals surface area contributed by atoms with Gasteiger partial charge in [-0.15, -0.1) is 0 Å². The Kier molecular flexibility index (Phi) is 4.59. The summed E-state index contributed by atoms with van der Waals surface area (Å²) in [7, 11) is 1.63. The van der Waals surface area contributed by atoms with Crippen molar-refractivity contribution in [2.24, 2.45) is 5.73 Å². The zero-order valence-electron chi connectivity index (χ0n) is 9.36. The Hall–Kier alpha value is -1.06. The summed E-state index contributed by atoms with van der Waals surface area (Å²) in [5.41, 5.74) is 7.49. The Morgan fingerprint density at radius 1 is 1.47 bits per heavy atom. The van der Waals surface area contributed by atoms with Crippen molar-refractivity contribution in [2.75, 3.05) is 13.7 Å². The molecule has 1 aromatic rings. The number of rotatable bonds is 5. The smallest absolute Gasteiger partial charge is 0.127 e. The van der Waals surface area contributed by atoms with E-state index in [0.29, 0.717) is 12.5 Å². The fraction of sp³-hybridized carbons (Fsp3) is 0.500. The van der Waals surface area contributed by atoms with Crippen LogP contribution < -0.4 is 10.5 Å². The lowest BCUT2D eigenvalue weighted by molar-refractivity contribution is 0.273. The standard InChI is InChI=1S/C12H19NO2/c1-9(6-7-13)11-5-3-4-10(8-14)12(11)15-2/h3-5,9,14H,6-8,13H2,1-2H3. The Morgan fingerprint density at radius 2 is 2.20 bits per heavy atom. The highest BCUT2D eigenvalue weighted by Crippen LogP contribution is 2.31. The number of benzene rings is 1. The minimum atomic E-state index is 0.00631. The van der Waals surface area contributed by atoms with Gasteiger partial charge in [-0.1, -0.05) is 25.1 Å². The van der Waals surface area contributed by atoms with Crippen molar-refractivity contribution in [1.82, 2.24) is 0 Å². The normalized spacial score (nSPS) is 12.5. The van der Waals surface area contributed by atoms with Gasteiger partial charge in [0.25, 0.3) is 0 Å². The maximum atomic E-state index is 9.18. The van der Waals surface area contributed by atoms with Crippen molar-refractivity contribution in [1.29, 1.82) is 0 Å². The average molecular weight is 209 g/mol. The number of para-hydroxylation sites is 1. The number of ether oxygens (including phenoxy) is 1. The molecule has 15 heavy (non-hydrogen) atoms. The summed E-state index contributed by atoms with van der Waals surface area (Å²) < 4.78 is 5.33. The van der Waals surface area contributed by atoms with Gasteiger partial charge in [-0.05, 0) is 24.4 Å². The van der Waals surface area contributed by atoms with Gasteiger partial charge < -0.3 is 15.6 Å². The molecule has 0 saturated carbocycles. The summed E-state index contributed by atoms with van der Waals surface area (Å²) >= 11 is 0. The molecule has 84 valence electrons. The van der Waals surface area contributed by atoms with E-state index < -0.39 is 0 Å². The monoisotopic (exact) mass is 209 g/mol. The highest BCUT2D eigenvalue weighted by Gasteiger charge is 2.13. The Balaban J connectivity index is 3.05. The van der Waals surface area contributed by atoms with Crippen LogP contribution in [0.1, 0.15) is 30.4 Å². The quantitative estimate of drug-likeness (QED) is 0.775. The number of methoxy groups -OCH3 is 1. The lowest BCUT2D eigenvalue weighted by Gasteiger charge is -2.17. The molecular weight excluding hydrogens is 190 g/mol. The molecule has 0 spiro atoms. The van der Waals surface area contributed by atoms with Crippen LogP contribution in [0.2, 0.25) is 0 Å². The molecule has 3 heteroatoms.